The molecule has 1 amide bonds. The van der Waals surface area contributed by atoms with Crippen LogP contribution in [0.5, 0.6) is 0 Å². The third-order valence-electron chi connectivity index (χ3n) is 6.50. The van der Waals surface area contributed by atoms with Crippen molar-refractivity contribution >= 4 is 11.6 Å². The van der Waals surface area contributed by atoms with Gasteiger partial charge in [-0.2, -0.15) is 13.2 Å². The van der Waals surface area contributed by atoms with Gasteiger partial charge in [0.2, 0.25) is 5.82 Å². The van der Waals surface area contributed by atoms with Crippen LogP contribution in [-0.2, 0) is 6.18 Å². The maximum atomic E-state index is 13.4. The van der Waals surface area contributed by atoms with Gasteiger partial charge >= 0.3 is 6.18 Å². The molecule has 3 atom stereocenters. The number of nitrogens with zero attached hydrogens (tertiary/aromatic N) is 4. The third-order valence-corrected chi connectivity index (χ3v) is 6.50. The van der Waals surface area contributed by atoms with Crippen LogP contribution in [0.1, 0.15) is 46.1 Å². The second-order valence-electron chi connectivity index (χ2n) is 8.44. The summed E-state index contributed by atoms with van der Waals surface area (Å²) in [6.07, 6.45) is -1.22. The smallest absolute Gasteiger partial charge is 0.335 e. The molecule has 1 unspecified atom stereocenters. The van der Waals surface area contributed by atoms with Crippen molar-refractivity contribution in [2.24, 2.45) is 11.8 Å². The molecule has 3 aromatic rings. The van der Waals surface area contributed by atoms with Crippen LogP contribution in [0.2, 0.25) is 0 Å². The van der Waals surface area contributed by atoms with Crippen molar-refractivity contribution < 1.29 is 18.0 Å². The standard InChI is InChI=1S/C22H21F3N4O/c1-13-6-7-29-19(8-13)26-27-20(29)21(30)28-11-15-9-14(10-16(15)12-28)17-4-2-3-5-18(17)22(23,24)25/h2-8,14-16H,9-12H2,1H3/t14?,15-,16+. The lowest BCUT2D eigenvalue weighted by molar-refractivity contribution is -0.138. The van der Waals surface area contributed by atoms with Crippen molar-refractivity contribution in [3.8, 4) is 0 Å². The molecule has 1 aromatic carbocycles. The van der Waals surface area contributed by atoms with Crippen LogP contribution in [0.25, 0.3) is 5.65 Å². The van der Waals surface area contributed by atoms with E-state index in [2.05, 4.69) is 10.2 Å². The molecule has 0 spiro atoms. The van der Waals surface area contributed by atoms with Gasteiger partial charge in [-0.3, -0.25) is 9.20 Å². The molecule has 1 saturated heterocycles. The van der Waals surface area contributed by atoms with Gasteiger partial charge in [-0.15, -0.1) is 10.2 Å². The Bertz CT molecular complexity index is 1110. The summed E-state index contributed by atoms with van der Waals surface area (Å²) >= 11 is 0. The molecule has 1 aliphatic carbocycles. The van der Waals surface area contributed by atoms with Crippen LogP contribution in [0.3, 0.4) is 0 Å². The fraction of sp³-hybridized carbons (Fsp3) is 0.409. The number of aromatic nitrogens is 3. The first-order valence-electron chi connectivity index (χ1n) is 10.1. The topological polar surface area (TPSA) is 50.5 Å². The van der Waals surface area contributed by atoms with Crippen LogP contribution >= 0.6 is 0 Å². The maximum absolute atomic E-state index is 13.4. The lowest BCUT2D eigenvalue weighted by Gasteiger charge is -2.21. The number of carbonyl (C=O) groups is 1. The first kappa shape index (κ1) is 19.1. The number of hydrogen-bond donors (Lipinski definition) is 0. The Morgan fingerprint density at radius 1 is 1.07 bits per heavy atom. The minimum atomic E-state index is -4.34. The molecule has 2 fully saturated rings. The highest BCUT2D eigenvalue weighted by atomic mass is 19.4. The quantitative estimate of drug-likeness (QED) is 0.628. The van der Waals surface area contributed by atoms with Crippen molar-refractivity contribution in [3.63, 3.8) is 0 Å². The Hall–Kier alpha value is -2.90. The SMILES string of the molecule is Cc1ccn2c(C(=O)N3C[C@H]4CC(c5ccccc5C(F)(F)F)C[C@H]4C3)nnc2c1. The Kier molecular flexibility index (Phi) is 4.34. The fourth-order valence-electron chi connectivity index (χ4n) is 5.11. The summed E-state index contributed by atoms with van der Waals surface area (Å²) in [6, 6.07) is 9.64. The summed E-state index contributed by atoms with van der Waals surface area (Å²) in [5.74, 6) is 0.409. The average molecular weight is 414 g/mol. The third kappa shape index (κ3) is 3.14. The van der Waals surface area contributed by atoms with Gasteiger partial charge in [0.05, 0.1) is 5.56 Å². The van der Waals surface area contributed by atoms with E-state index >= 15 is 0 Å². The number of pyridine rings is 1. The van der Waals surface area contributed by atoms with Gasteiger partial charge in [0.15, 0.2) is 5.65 Å². The minimum absolute atomic E-state index is 0.119. The lowest BCUT2D eigenvalue weighted by atomic mass is 9.91. The molecule has 0 N–H and O–H groups in total. The van der Waals surface area contributed by atoms with Crippen molar-refractivity contribution in [2.75, 3.05) is 13.1 Å². The second kappa shape index (κ2) is 6.82. The molecule has 30 heavy (non-hydrogen) atoms. The largest absolute Gasteiger partial charge is 0.416 e. The first-order valence-corrected chi connectivity index (χ1v) is 10.1. The average Bonchev–Trinajstić information content (AvgIpc) is 3.39. The van der Waals surface area contributed by atoms with Crippen LogP contribution < -0.4 is 0 Å². The molecule has 0 bridgehead atoms. The normalized spacial score (nSPS) is 23.9. The molecular formula is C22H21F3N4O. The number of hydrogen-bond acceptors (Lipinski definition) is 3. The molecule has 156 valence electrons. The molecule has 5 nitrogen and oxygen atoms in total. The van der Waals surface area contributed by atoms with E-state index in [-0.39, 0.29) is 29.5 Å². The molecule has 8 heteroatoms. The van der Waals surface area contributed by atoms with Crippen molar-refractivity contribution in [1.29, 1.82) is 0 Å². The number of benzene rings is 1. The van der Waals surface area contributed by atoms with Gasteiger partial charge in [0.1, 0.15) is 0 Å². The van der Waals surface area contributed by atoms with Crippen LogP contribution in [0, 0.1) is 18.8 Å². The molecule has 3 heterocycles. The predicted molar refractivity (Wildman–Crippen MR) is 104 cm³/mol. The van der Waals surface area contributed by atoms with Gasteiger partial charge in [-0.1, -0.05) is 18.2 Å². The molecule has 1 saturated carbocycles. The number of likely N-dealkylation sites (tertiary alicyclic amines) is 1. The summed E-state index contributed by atoms with van der Waals surface area (Å²) in [5.41, 5.74) is 1.51. The predicted octanol–water partition coefficient (Wildman–Crippen LogP) is 4.32. The summed E-state index contributed by atoms with van der Waals surface area (Å²) in [5, 5.41) is 8.16. The number of aryl methyl sites for hydroxylation is 1. The van der Waals surface area contributed by atoms with Gasteiger partial charge in [0, 0.05) is 19.3 Å². The Balaban J connectivity index is 1.32. The summed E-state index contributed by atoms with van der Waals surface area (Å²) in [4.78, 5) is 14.8. The minimum Gasteiger partial charge on any atom is -0.335 e. The number of amides is 1. The number of carbonyl (C=O) groups excluding carboxylic acids is 1. The van der Waals surface area contributed by atoms with E-state index in [1.165, 1.54) is 6.07 Å². The van der Waals surface area contributed by atoms with Crippen LogP contribution in [0.4, 0.5) is 13.2 Å². The fourth-order valence-corrected chi connectivity index (χ4v) is 5.11. The maximum Gasteiger partial charge on any atom is 0.416 e. The first-order chi connectivity index (χ1) is 14.3. The molecule has 5 rings (SSSR count). The van der Waals surface area contributed by atoms with E-state index in [9.17, 15) is 18.0 Å². The number of alkyl halides is 3. The Labute approximate surface area is 171 Å². The van der Waals surface area contributed by atoms with Crippen molar-refractivity contribution in [3.05, 3.63) is 65.1 Å². The summed E-state index contributed by atoms with van der Waals surface area (Å²) in [7, 11) is 0. The number of fused-ring (bicyclic) bond motifs is 2. The molecule has 0 radical (unpaired) electrons. The zero-order valence-electron chi connectivity index (χ0n) is 16.4. The van der Waals surface area contributed by atoms with Gasteiger partial charge < -0.3 is 4.90 Å². The summed E-state index contributed by atoms with van der Waals surface area (Å²) < 4.78 is 41.9. The van der Waals surface area contributed by atoms with Crippen LogP contribution in [-0.4, -0.2) is 38.5 Å². The van der Waals surface area contributed by atoms with E-state index in [1.54, 1.807) is 27.6 Å². The highest BCUT2D eigenvalue weighted by Crippen LogP contribution is 2.48. The van der Waals surface area contributed by atoms with Crippen molar-refractivity contribution in [1.82, 2.24) is 19.5 Å². The zero-order valence-corrected chi connectivity index (χ0v) is 16.4. The summed E-state index contributed by atoms with van der Waals surface area (Å²) in [6.45, 7) is 3.05. The Morgan fingerprint density at radius 2 is 1.77 bits per heavy atom. The van der Waals surface area contributed by atoms with E-state index in [1.807, 2.05) is 19.1 Å². The molecule has 2 aliphatic rings. The lowest BCUT2D eigenvalue weighted by Crippen LogP contribution is -2.31. The van der Waals surface area contributed by atoms with E-state index < -0.39 is 11.7 Å². The zero-order chi connectivity index (χ0) is 21.0. The monoisotopic (exact) mass is 414 g/mol. The highest BCUT2D eigenvalue weighted by Gasteiger charge is 2.45. The van der Waals surface area contributed by atoms with Gasteiger partial charge in [-0.25, -0.2) is 0 Å². The van der Waals surface area contributed by atoms with Gasteiger partial charge in [-0.05, 0) is 66.8 Å². The van der Waals surface area contributed by atoms with Crippen molar-refractivity contribution in [2.45, 2.75) is 31.9 Å². The Morgan fingerprint density at radius 3 is 2.47 bits per heavy atom. The van der Waals surface area contributed by atoms with Crippen LogP contribution in [0.15, 0.2) is 42.6 Å². The highest BCUT2D eigenvalue weighted by molar-refractivity contribution is 5.91. The second-order valence-corrected chi connectivity index (χ2v) is 8.44. The van der Waals surface area contributed by atoms with E-state index in [0.29, 0.717) is 37.1 Å². The van der Waals surface area contributed by atoms with Gasteiger partial charge in [0.25, 0.3) is 5.91 Å². The molecule has 1 aliphatic heterocycles. The molecular weight excluding hydrogens is 393 g/mol. The number of rotatable bonds is 2. The number of halogens is 3. The molecule has 2 aromatic heterocycles. The van der Waals surface area contributed by atoms with E-state index in [0.717, 1.165) is 11.6 Å². The van der Waals surface area contributed by atoms with E-state index in [4.69, 9.17) is 0 Å².